The Bertz CT molecular complexity index is 213. The molecule has 5 heteroatoms. The maximum atomic E-state index is 11.4. The largest absolute Gasteiger partial charge is 0.460 e. The highest BCUT2D eigenvalue weighted by atomic mass is 16.6. The van der Waals surface area contributed by atoms with E-state index in [9.17, 15) is 9.59 Å². The van der Waals surface area contributed by atoms with Gasteiger partial charge >= 0.3 is 5.97 Å². The van der Waals surface area contributed by atoms with Crippen LogP contribution in [0.3, 0.4) is 0 Å². The van der Waals surface area contributed by atoms with E-state index in [4.69, 9.17) is 4.74 Å². The van der Waals surface area contributed by atoms with Crippen molar-refractivity contribution in [3.05, 3.63) is 0 Å². The minimum atomic E-state index is -0.455. The van der Waals surface area contributed by atoms with Crippen LogP contribution in [0.5, 0.6) is 0 Å². The molecule has 0 heterocycles. The molecule has 1 atom stereocenters. The molecule has 0 amide bonds. The number of carbonyl (C=O) groups is 2. The summed E-state index contributed by atoms with van der Waals surface area (Å²) in [6.07, 6.45) is 1.71. The van der Waals surface area contributed by atoms with E-state index >= 15 is 0 Å². The summed E-state index contributed by atoms with van der Waals surface area (Å²) in [6, 6.07) is -0.0370. The zero-order chi connectivity index (χ0) is 11.9. The van der Waals surface area contributed by atoms with Crippen molar-refractivity contribution in [3.8, 4) is 0 Å². The molecule has 1 radical (unpaired) electrons. The minimum Gasteiger partial charge on any atom is -0.460 e. The van der Waals surface area contributed by atoms with Gasteiger partial charge in [-0.3, -0.25) is 4.79 Å². The Hall–Kier alpha value is -0.835. The first kappa shape index (κ1) is 14.2. The normalized spacial score (nSPS) is 13.1. The molecule has 0 fully saturated rings. The molecule has 85 valence electrons. The summed E-state index contributed by atoms with van der Waals surface area (Å²) in [5, 5.41) is 2.84. The number of carbonyl (C=O) groups excluding carboxylic acids is 2. The van der Waals surface area contributed by atoms with Gasteiger partial charge in [-0.25, -0.2) is 0 Å². The summed E-state index contributed by atoms with van der Waals surface area (Å²) in [4.78, 5) is 21.5. The van der Waals surface area contributed by atoms with Gasteiger partial charge < -0.3 is 14.8 Å². The Labute approximate surface area is 92.0 Å². The maximum absolute atomic E-state index is 11.4. The Kier molecular flexibility index (Phi) is 6.24. The Morgan fingerprint density at radius 3 is 2.53 bits per heavy atom. The molecule has 0 spiro atoms. The Balaban J connectivity index is 3.95. The zero-order valence-electron chi connectivity index (χ0n) is 9.87. The average molecular weight is 212 g/mol. The molecular weight excluding hydrogens is 193 g/mol. The molecule has 0 aromatic heterocycles. The molecule has 0 rings (SSSR count). The summed E-state index contributed by atoms with van der Waals surface area (Å²) >= 11 is 0. The molecule has 15 heavy (non-hydrogen) atoms. The smallest absolute Gasteiger partial charge is 0.307 e. The van der Waals surface area contributed by atoms with E-state index in [1.807, 2.05) is 27.7 Å². The van der Waals surface area contributed by atoms with E-state index in [0.717, 1.165) is 6.42 Å². The fourth-order valence-corrected chi connectivity index (χ4v) is 1.08. The SMILES string of the molecule is CC[C@H](CC(=O)OC(C)(C)C)N[B]C=O. The molecule has 0 aliphatic heterocycles. The number of esters is 1. The molecule has 0 aliphatic rings. The van der Waals surface area contributed by atoms with Crippen LogP contribution in [-0.4, -0.2) is 31.2 Å². The second-order valence-corrected chi connectivity index (χ2v) is 4.37. The number of nitrogens with one attached hydrogen (secondary N) is 1. The van der Waals surface area contributed by atoms with Crippen molar-refractivity contribution in [1.82, 2.24) is 5.23 Å². The van der Waals surface area contributed by atoms with Gasteiger partial charge in [0, 0.05) is 6.04 Å². The molecule has 0 saturated heterocycles. The van der Waals surface area contributed by atoms with Gasteiger partial charge in [0.15, 0.2) is 0 Å². The van der Waals surface area contributed by atoms with Gasteiger partial charge in [0.1, 0.15) is 5.60 Å². The zero-order valence-corrected chi connectivity index (χ0v) is 9.87. The van der Waals surface area contributed by atoms with E-state index in [2.05, 4.69) is 5.23 Å². The molecule has 0 aliphatic carbocycles. The summed E-state index contributed by atoms with van der Waals surface area (Å²) in [6.45, 7) is 7.44. The minimum absolute atomic E-state index is 0.0370. The first-order valence-electron chi connectivity index (χ1n) is 5.14. The number of rotatable bonds is 6. The predicted octanol–water partition coefficient (Wildman–Crippen LogP) is 0.896. The second-order valence-electron chi connectivity index (χ2n) is 4.37. The van der Waals surface area contributed by atoms with Gasteiger partial charge in [-0.2, -0.15) is 0 Å². The number of hydrogen-bond acceptors (Lipinski definition) is 4. The highest BCUT2D eigenvalue weighted by Crippen LogP contribution is 2.10. The van der Waals surface area contributed by atoms with Crippen LogP contribution in [0, 0.1) is 0 Å². The van der Waals surface area contributed by atoms with Crippen LogP contribution in [0.2, 0.25) is 0 Å². The lowest BCUT2D eigenvalue weighted by atomic mass is 9.95. The molecule has 0 saturated carbocycles. The summed E-state index contributed by atoms with van der Waals surface area (Å²) in [5.41, 5.74) is -0.455. The monoisotopic (exact) mass is 212 g/mol. The topological polar surface area (TPSA) is 55.4 Å². The fourth-order valence-electron chi connectivity index (χ4n) is 1.08. The van der Waals surface area contributed by atoms with E-state index in [1.54, 1.807) is 0 Å². The quantitative estimate of drug-likeness (QED) is 0.403. The number of ether oxygens (including phenoxy) is 1. The van der Waals surface area contributed by atoms with Gasteiger partial charge in [-0.15, -0.1) is 0 Å². The molecule has 0 unspecified atom stereocenters. The van der Waals surface area contributed by atoms with Crippen molar-refractivity contribution in [2.75, 3.05) is 0 Å². The van der Waals surface area contributed by atoms with Gasteiger partial charge in [-0.1, -0.05) is 6.92 Å². The summed E-state index contributed by atoms with van der Waals surface area (Å²) in [7, 11) is 1.30. The summed E-state index contributed by atoms with van der Waals surface area (Å²) < 4.78 is 5.17. The lowest BCUT2D eigenvalue weighted by Gasteiger charge is -2.21. The highest BCUT2D eigenvalue weighted by Gasteiger charge is 2.19. The third-order valence-corrected chi connectivity index (χ3v) is 1.73. The lowest BCUT2D eigenvalue weighted by Crippen LogP contribution is -2.36. The van der Waals surface area contributed by atoms with Crippen molar-refractivity contribution < 1.29 is 14.3 Å². The fraction of sp³-hybridized carbons (Fsp3) is 0.800. The second kappa shape index (κ2) is 6.61. The van der Waals surface area contributed by atoms with Crippen LogP contribution in [0.15, 0.2) is 0 Å². The standard InChI is InChI=1S/C10H19BNO3/c1-5-8(12-11-7-13)6-9(14)15-10(2,3)4/h7-8,12H,5-6H2,1-4H3/t8-/m1/s1. The summed E-state index contributed by atoms with van der Waals surface area (Å²) in [5.74, 6) is -0.249. The molecule has 4 nitrogen and oxygen atoms in total. The molecule has 0 aromatic carbocycles. The van der Waals surface area contributed by atoms with Crippen LogP contribution < -0.4 is 5.23 Å². The van der Waals surface area contributed by atoms with Crippen LogP contribution in [0.1, 0.15) is 40.5 Å². The Morgan fingerprint density at radius 2 is 2.13 bits per heavy atom. The third-order valence-electron chi connectivity index (χ3n) is 1.73. The van der Waals surface area contributed by atoms with Gasteiger partial charge in [-0.05, 0) is 27.2 Å². The highest BCUT2D eigenvalue weighted by molar-refractivity contribution is 6.64. The first-order valence-corrected chi connectivity index (χ1v) is 5.14. The molecule has 0 aromatic rings. The maximum Gasteiger partial charge on any atom is 0.307 e. The van der Waals surface area contributed by atoms with Crippen molar-refractivity contribution in [3.63, 3.8) is 0 Å². The van der Waals surface area contributed by atoms with Crippen LogP contribution >= 0.6 is 0 Å². The predicted molar refractivity (Wildman–Crippen MR) is 60.2 cm³/mol. The van der Waals surface area contributed by atoms with Gasteiger partial charge in [0.05, 0.1) is 12.6 Å². The molecule has 0 bridgehead atoms. The van der Waals surface area contributed by atoms with Crippen LogP contribution in [0.25, 0.3) is 0 Å². The third kappa shape index (κ3) is 8.18. The van der Waals surface area contributed by atoms with E-state index in [0.29, 0.717) is 6.19 Å². The first-order chi connectivity index (χ1) is 6.89. The van der Waals surface area contributed by atoms with Crippen molar-refractivity contribution in [2.24, 2.45) is 0 Å². The van der Waals surface area contributed by atoms with Crippen molar-refractivity contribution in [1.29, 1.82) is 0 Å². The van der Waals surface area contributed by atoms with Gasteiger partial charge in [0.2, 0.25) is 0 Å². The average Bonchev–Trinajstić information content (AvgIpc) is 2.09. The Morgan fingerprint density at radius 1 is 1.53 bits per heavy atom. The van der Waals surface area contributed by atoms with Gasteiger partial charge in [0.25, 0.3) is 7.41 Å². The van der Waals surface area contributed by atoms with Crippen LogP contribution in [0.4, 0.5) is 0 Å². The van der Waals surface area contributed by atoms with E-state index in [1.165, 1.54) is 7.41 Å². The molecular formula is C10H19BNO3. The number of hydrogen-bond donors (Lipinski definition) is 1. The molecule has 1 N–H and O–H groups in total. The van der Waals surface area contributed by atoms with E-state index < -0.39 is 5.60 Å². The van der Waals surface area contributed by atoms with Crippen molar-refractivity contribution in [2.45, 2.75) is 52.2 Å². The van der Waals surface area contributed by atoms with Crippen LogP contribution in [-0.2, 0) is 14.3 Å². The lowest BCUT2D eigenvalue weighted by molar-refractivity contribution is -0.155. The van der Waals surface area contributed by atoms with Crippen molar-refractivity contribution >= 4 is 19.6 Å². The van der Waals surface area contributed by atoms with E-state index in [-0.39, 0.29) is 18.4 Å².